The number of benzene rings is 1. The molecular formula is C11H11N3O5. The number of anilines is 1. The lowest BCUT2D eigenvalue weighted by Crippen LogP contribution is -2.33. The molecular weight excluding hydrogens is 254 g/mol. The molecule has 0 aliphatic rings. The minimum absolute atomic E-state index is 0.0887. The van der Waals surface area contributed by atoms with Crippen molar-refractivity contribution < 1.29 is 19.6 Å². The number of methoxy groups -OCH3 is 1. The molecule has 8 heteroatoms. The Bertz CT molecular complexity index is 538. The van der Waals surface area contributed by atoms with E-state index < -0.39 is 16.9 Å². The van der Waals surface area contributed by atoms with Gasteiger partial charge in [-0.05, 0) is 12.1 Å². The Morgan fingerprint density at radius 3 is 2.84 bits per heavy atom. The number of aliphatic carboxylic acids is 1. The first-order valence-corrected chi connectivity index (χ1v) is 5.16. The van der Waals surface area contributed by atoms with Gasteiger partial charge in [-0.15, -0.1) is 0 Å². The Labute approximate surface area is 108 Å². The summed E-state index contributed by atoms with van der Waals surface area (Å²) in [5.74, 6) is -1.14. The van der Waals surface area contributed by atoms with Crippen molar-refractivity contribution in [1.82, 2.24) is 0 Å². The van der Waals surface area contributed by atoms with Gasteiger partial charge >= 0.3 is 5.97 Å². The van der Waals surface area contributed by atoms with Gasteiger partial charge in [0.1, 0.15) is 17.7 Å². The van der Waals surface area contributed by atoms with Crippen molar-refractivity contribution in [3.63, 3.8) is 0 Å². The van der Waals surface area contributed by atoms with Crippen molar-refractivity contribution >= 4 is 17.3 Å². The van der Waals surface area contributed by atoms with E-state index in [4.69, 9.17) is 15.1 Å². The van der Waals surface area contributed by atoms with Crippen molar-refractivity contribution in [3.8, 4) is 6.07 Å². The Balaban J connectivity index is 3.02. The number of nitro benzene ring substituents is 1. The van der Waals surface area contributed by atoms with E-state index in [1.807, 2.05) is 0 Å². The summed E-state index contributed by atoms with van der Waals surface area (Å²) in [7, 11) is 1.35. The zero-order chi connectivity index (χ0) is 14.4. The highest BCUT2D eigenvalue weighted by atomic mass is 16.6. The number of nitrogens with one attached hydrogen (secondary N) is 1. The van der Waals surface area contributed by atoms with Gasteiger partial charge in [0, 0.05) is 18.9 Å². The molecule has 0 aromatic heterocycles. The number of ether oxygens (including phenoxy) is 1. The van der Waals surface area contributed by atoms with Crippen LogP contribution in [0.4, 0.5) is 11.4 Å². The summed E-state index contributed by atoms with van der Waals surface area (Å²) in [5, 5.41) is 31.0. The third kappa shape index (κ3) is 3.65. The predicted octanol–water partition coefficient (Wildman–Crippen LogP) is 0.978. The Morgan fingerprint density at radius 1 is 1.68 bits per heavy atom. The summed E-state index contributed by atoms with van der Waals surface area (Å²) < 4.78 is 4.73. The molecule has 0 saturated carbocycles. The quantitative estimate of drug-likeness (QED) is 0.579. The minimum atomic E-state index is -1.14. The molecule has 0 bridgehead atoms. The van der Waals surface area contributed by atoms with E-state index in [-0.39, 0.29) is 23.5 Å². The van der Waals surface area contributed by atoms with Gasteiger partial charge in [-0.25, -0.2) is 4.79 Å². The van der Waals surface area contributed by atoms with E-state index in [2.05, 4.69) is 5.32 Å². The van der Waals surface area contributed by atoms with Crippen LogP contribution < -0.4 is 5.32 Å². The van der Waals surface area contributed by atoms with E-state index in [0.29, 0.717) is 0 Å². The van der Waals surface area contributed by atoms with Crippen molar-refractivity contribution in [2.75, 3.05) is 19.0 Å². The first-order valence-electron chi connectivity index (χ1n) is 5.16. The van der Waals surface area contributed by atoms with Crippen LogP contribution in [0.5, 0.6) is 0 Å². The first-order chi connectivity index (χ1) is 8.99. The van der Waals surface area contributed by atoms with Crippen molar-refractivity contribution in [2.24, 2.45) is 0 Å². The lowest BCUT2D eigenvalue weighted by atomic mass is 10.1. The summed E-state index contributed by atoms with van der Waals surface area (Å²) in [4.78, 5) is 21.0. The monoisotopic (exact) mass is 265 g/mol. The van der Waals surface area contributed by atoms with Crippen LogP contribution in [-0.2, 0) is 9.53 Å². The van der Waals surface area contributed by atoms with Crippen molar-refractivity contribution in [2.45, 2.75) is 6.04 Å². The molecule has 2 N–H and O–H groups in total. The number of hydrogen-bond donors (Lipinski definition) is 2. The fraction of sp³-hybridized carbons (Fsp3) is 0.273. The fourth-order valence-electron chi connectivity index (χ4n) is 1.41. The summed E-state index contributed by atoms with van der Waals surface area (Å²) in [5.41, 5.74) is -0.238. The highest BCUT2D eigenvalue weighted by Crippen LogP contribution is 2.23. The van der Waals surface area contributed by atoms with Gasteiger partial charge in [0.15, 0.2) is 0 Å². The average Bonchev–Trinajstić information content (AvgIpc) is 2.37. The normalized spacial score (nSPS) is 11.4. The molecule has 0 saturated heterocycles. The molecule has 0 radical (unpaired) electrons. The summed E-state index contributed by atoms with van der Waals surface area (Å²) >= 11 is 0. The van der Waals surface area contributed by atoms with Gasteiger partial charge in [-0.2, -0.15) is 5.26 Å². The van der Waals surface area contributed by atoms with Crippen LogP contribution in [0.2, 0.25) is 0 Å². The average molecular weight is 265 g/mol. The topological polar surface area (TPSA) is 125 Å². The highest BCUT2D eigenvalue weighted by Gasteiger charge is 2.19. The number of rotatable bonds is 6. The van der Waals surface area contributed by atoms with Crippen LogP contribution in [-0.4, -0.2) is 35.8 Å². The van der Waals surface area contributed by atoms with E-state index in [1.165, 1.54) is 19.2 Å². The maximum Gasteiger partial charge on any atom is 0.328 e. The molecule has 0 spiro atoms. The molecule has 0 heterocycles. The zero-order valence-electron chi connectivity index (χ0n) is 9.99. The maximum atomic E-state index is 10.9. The minimum Gasteiger partial charge on any atom is -0.480 e. The van der Waals surface area contributed by atoms with Gasteiger partial charge in [0.2, 0.25) is 0 Å². The number of carboxylic acids is 1. The van der Waals surface area contributed by atoms with E-state index in [0.717, 1.165) is 6.07 Å². The first kappa shape index (κ1) is 14.4. The maximum absolute atomic E-state index is 10.9. The van der Waals surface area contributed by atoms with Gasteiger partial charge in [-0.3, -0.25) is 10.1 Å². The highest BCUT2D eigenvalue weighted by molar-refractivity contribution is 5.78. The van der Waals surface area contributed by atoms with Crippen LogP contribution >= 0.6 is 0 Å². The van der Waals surface area contributed by atoms with Gasteiger partial charge in [-0.1, -0.05) is 0 Å². The van der Waals surface area contributed by atoms with E-state index in [9.17, 15) is 14.9 Å². The molecule has 0 aliphatic carbocycles. The predicted molar refractivity (Wildman–Crippen MR) is 64.7 cm³/mol. The molecule has 1 atom stereocenters. The molecule has 1 aromatic carbocycles. The van der Waals surface area contributed by atoms with Crippen LogP contribution in [0.15, 0.2) is 18.2 Å². The SMILES string of the molecule is COCC(Nc1ccc(C#N)c([N+](=O)[O-])c1)C(=O)O. The van der Waals surface area contributed by atoms with Crippen molar-refractivity contribution in [3.05, 3.63) is 33.9 Å². The van der Waals surface area contributed by atoms with Gasteiger partial charge < -0.3 is 15.2 Å². The Kier molecular flexibility index (Phi) is 4.79. The third-order valence-corrected chi connectivity index (χ3v) is 2.29. The number of carbonyl (C=O) groups is 1. The van der Waals surface area contributed by atoms with Crippen LogP contribution in [0.3, 0.4) is 0 Å². The number of nitrogens with zero attached hydrogens (tertiary/aromatic N) is 2. The number of nitriles is 1. The molecule has 1 unspecified atom stereocenters. The van der Waals surface area contributed by atoms with Crippen LogP contribution in [0.25, 0.3) is 0 Å². The molecule has 0 amide bonds. The molecule has 8 nitrogen and oxygen atoms in total. The van der Waals surface area contributed by atoms with Crippen molar-refractivity contribution in [1.29, 1.82) is 5.26 Å². The fourth-order valence-corrected chi connectivity index (χ4v) is 1.41. The standard InChI is InChI=1S/C11H11N3O5/c1-19-6-9(11(15)16)13-8-3-2-7(5-12)10(4-8)14(17)18/h2-4,9,13H,6H2,1H3,(H,15,16). The number of carboxylic acid groups (broad SMARTS) is 1. The molecule has 100 valence electrons. The lowest BCUT2D eigenvalue weighted by molar-refractivity contribution is -0.385. The third-order valence-electron chi connectivity index (χ3n) is 2.29. The second-order valence-electron chi connectivity index (χ2n) is 3.59. The second-order valence-corrected chi connectivity index (χ2v) is 3.59. The molecule has 0 fully saturated rings. The molecule has 1 aromatic rings. The Morgan fingerprint density at radius 2 is 2.37 bits per heavy atom. The summed E-state index contributed by atoms with van der Waals surface area (Å²) in [6.07, 6.45) is 0. The van der Waals surface area contributed by atoms with Crippen LogP contribution in [0.1, 0.15) is 5.56 Å². The van der Waals surface area contributed by atoms with Gasteiger partial charge in [0.25, 0.3) is 5.69 Å². The summed E-state index contributed by atoms with van der Waals surface area (Å²) in [6.45, 7) is -0.0941. The Hall–Kier alpha value is -2.66. The summed E-state index contributed by atoms with van der Waals surface area (Å²) in [6, 6.07) is 4.44. The largest absolute Gasteiger partial charge is 0.480 e. The smallest absolute Gasteiger partial charge is 0.328 e. The van der Waals surface area contributed by atoms with Gasteiger partial charge in [0.05, 0.1) is 11.5 Å². The number of hydrogen-bond acceptors (Lipinski definition) is 6. The van der Waals surface area contributed by atoms with E-state index >= 15 is 0 Å². The molecule has 0 aliphatic heterocycles. The zero-order valence-corrected chi connectivity index (χ0v) is 9.99. The molecule has 19 heavy (non-hydrogen) atoms. The van der Waals surface area contributed by atoms with Crippen LogP contribution in [0, 0.1) is 21.4 Å². The molecule has 1 rings (SSSR count). The lowest BCUT2D eigenvalue weighted by Gasteiger charge is -2.14. The second kappa shape index (κ2) is 6.32. The number of nitro groups is 1. The van der Waals surface area contributed by atoms with E-state index in [1.54, 1.807) is 6.07 Å².